The fourth-order valence-electron chi connectivity index (χ4n) is 7.80. The smallest absolute Gasteiger partial charge is 0.0709 e. The number of hydrogen-bond donors (Lipinski definition) is 0. The molecule has 0 bridgehead atoms. The maximum atomic E-state index is 4.40. The van der Waals surface area contributed by atoms with E-state index in [1.165, 1.54) is 81.1 Å². The summed E-state index contributed by atoms with van der Waals surface area (Å²) in [6, 6.07) is 31.1. The molecule has 0 atom stereocenters. The van der Waals surface area contributed by atoms with E-state index >= 15 is 0 Å². The summed E-state index contributed by atoms with van der Waals surface area (Å²) in [5.74, 6) is 1.26. The molecule has 7 rings (SSSR count). The molecule has 5 heteroatoms. The first-order chi connectivity index (χ1) is 26.4. The van der Waals surface area contributed by atoms with Crippen LogP contribution in [0.3, 0.4) is 0 Å². The van der Waals surface area contributed by atoms with E-state index in [1.54, 1.807) is 0 Å². The van der Waals surface area contributed by atoms with Gasteiger partial charge in [-0.1, -0.05) is 143 Å². The third-order valence-corrected chi connectivity index (χ3v) is 14.1. The van der Waals surface area contributed by atoms with E-state index in [2.05, 4.69) is 198 Å². The van der Waals surface area contributed by atoms with Crippen molar-refractivity contribution in [3.63, 3.8) is 0 Å². The first-order valence-electron chi connectivity index (χ1n) is 20.0. The topological polar surface area (TPSA) is 7.76 Å². The molecule has 1 radical (unpaired) electrons. The van der Waals surface area contributed by atoms with Crippen LogP contribution in [0.4, 0.5) is 0 Å². The van der Waals surface area contributed by atoms with Gasteiger partial charge in [0.05, 0.1) is 31.9 Å². The van der Waals surface area contributed by atoms with E-state index in [9.17, 15) is 0 Å². The third kappa shape index (κ3) is 9.56. The number of fused-ring (bicyclic) bond motifs is 3. The molecule has 0 saturated carbocycles. The van der Waals surface area contributed by atoms with Gasteiger partial charge in [-0.2, -0.15) is 37.1 Å². The van der Waals surface area contributed by atoms with Gasteiger partial charge in [-0.15, -0.1) is 34.6 Å². The summed E-state index contributed by atoms with van der Waals surface area (Å²) in [5, 5.41) is 4.11. The van der Waals surface area contributed by atoms with E-state index in [4.69, 9.17) is 0 Å². The van der Waals surface area contributed by atoms with Gasteiger partial charge in [0.2, 0.25) is 0 Å². The van der Waals surface area contributed by atoms with Crippen LogP contribution in [0.1, 0.15) is 66.6 Å². The molecule has 57 heavy (non-hydrogen) atoms. The number of rotatable bonds is 8. The quantitative estimate of drug-likeness (QED) is 0.0815. The van der Waals surface area contributed by atoms with Crippen LogP contribution in [0.15, 0.2) is 97.3 Å². The van der Waals surface area contributed by atoms with Crippen molar-refractivity contribution in [1.82, 2.24) is 0 Å². The molecular formula is C52H60IrN2SSi-2. The minimum atomic E-state index is -1.41. The normalized spacial score (nSPS) is 11.6. The second-order valence-electron chi connectivity index (χ2n) is 17.6. The molecule has 0 amide bonds. The van der Waals surface area contributed by atoms with Crippen molar-refractivity contribution < 1.29 is 29.2 Å². The van der Waals surface area contributed by atoms with Crippen molar-refractivity contribution in [2.24, 2.45) is 11.8 Å². The fourth-order valence-corrected chi connectivity index (χ4v) is 10.9. The van der Waals surface area contributed by atoms with Crippen LogP contribution in [0.2, 0.25) is 19.6 Å². The molecular weight excluding hydrogens is 905 g/mol. The number of aromatic nitrogens is 2. The molecule has 0 aliphatic rings. The Bertz CT molecular complexity index is 2540. The SMILES string of the molecule is [CH2-]c1cc(C)c(C)cc1-c1cc(CC(C)C)c([Si](C)(C)C)c[n+]1[CH2-].[CH2-]c1ccc2c(sc3c(-c4ccc(C)cc4)cccc32)c1-c1cc(CC(C)C)cc[n+]1[CH2-].[Ir]. The van der Waals surface area contributed by atoms with E-state index in [1.807, 2.05) is 15.9 Å². The van der Waals surface area contributed by atoms with Gasteiger partial charge in [-0.3, -0.25) is 0 Å². The van der Waals surface area contributed by atoms with E-state index in [0.717, 1.165) is 29.7 Å². The van der Waals surface area contributed by atoms with E-state index in [0.29, 0.717) is 11.8 Å². The minimum Gasteiger partial charge on any atom is -0.343 e. The number of hydrogen-bond acceptors (Lipinski definition) is 1. The van der Waals surface area contributed by atoms with Crippen molar-refractivity contribution in [3.8, 4) is 33.6 Å². The van der Waals surface area contributed by atoms with Gasteiger partial charge >= 0.3 is 0 Å². The summed E-state index contributed by atoms with van der Waals surface area (Å²) in [7, 11) is 7.17. The first kappa shape index (κ1) is 43.9. The molecule has 299 valence electrons. The number of benzene rings is 4. The van der Waals surface area contributed by atoms with Crippen molar-refractivity contribution in [2.45, 2.75) is 80.9 Å². The Labute approximate surface area is 362 Å². The van der Waals surface area contributed by atoms with Gasteiger partial charge in [-0.05, 0) is 70.3 Å². The number of aryl methyl sites for hydroxylation is 3. The van der Waals surface area contributed by atoms with Crippen LogP contribution < -0.4 is 14.3 Å². The number of pyridine rings is 2. The zero-order valence-electron chi connectivity index (χ0n) is 35.8. The standard InChI is InChI=1S/C30H28NS.C22H32NSi.Ir/c1-19(2)17-22-15-16-31(5)27(18-22)28-21(4)11-14-26-25-8-6-7-24(29(25)32-30(26)28)23-12-9-20(3)10-13-23;1-15(2)10-19-13-21(23(6)14-22(19)24(7,8)9)20-12-17(4)16(3)11-18(20)5;/h6-16,18-19H,4-5,17H2,1-3H3;11-15H,5-6,10H2,1-4,7-9H3;/q2*-1;. The molecule has 3 aromatic heterocycles. The monoisotopic (exact) mass is 965 g/mol. The predicted molar refractivity (Wildman–Crippen MR) is 247 cm³/mol. The van der Waals surface area contributed by atoms with Gasteiger partial charge in [0.15, 0.2) is 0 Å². The van der Waals surface area contributed by atoms with Crippen molar-refractivity contribution >= 4 is 44.8 Å². The number of nitrogens with zero attached hydrogens (tertiary/aromatic N) is 2. The van der Waals surface area contributed by atoms with Gasteiger partial charge in [-0.25, -0.2) is 0 Å². The van der Waals surface area contributed by atoms with Crippen molar-refractivity contribution in [3.05, 3.63) is 164 Å². The molecule has 0 N–H and O–H groups in total. The average Bonchev–Trinajstić information content (AvgIpc) is 3.50. The van der Waals surface area contributed by atoms with Gasteiger partial charge in [0.25, 0.3) is 0 Å². The van der Waals surface area contributed by atoms with Crippen molar-refractivity contribution in [1.29, 1.82) is 0 Å². The van der Waals surface area contributed by atoms with Gasteiger partial charge in [0, 0.05) is 38.9 Å². The Hall–Kier alpha value is -4.25. The molecule has 0 fully saturated rings. The third-order valence-electron chi connectivity index (χ3n) is 10.8. The molecule has 0 unspecified atom stereocenters. The summed E-state index contributed by atoms with van der Waals surface area (Å²) in [6.45, 7) is 31.5. The van der Waals surface area contributed by atoms with Crippen LogP contribution in [-0.2, 0) is 32.9 Å². The fraction of sp³-hybridized carbons (Fsp3) is 0.269. The molecule has 0 spiro atoms. The Kier molecular flexibility index (Phi) is 13.6. The summed E-state index contributed by atoms with van der Waals surface area (Å²) >= 11 is 1.87. The molecule has 2 nitrogen and oxygen atoms in total. The van der Waals surface area contributed by atoms with Crippen molar-refractivity contribution in [2.75, 3.05) is 0 Å². The van der Waals surface area contributed by atoms with Crippen LogP contribution in [0.25, 0.3) is 53.8 Å². The summed E-state index contributed by atoms with van der Waals surface area (Å²) < 4.78 is 6.65. The Morgan fingerprint density at radius 3 is 1.95 bits per heavy atom. The second-order valence-corrected chi connectivity index (χ2v) is 23.7. The van der Waals surface area contributed by atoms with Crippen LogP contribution in [-0.4, -0.2) is 8.07 Å². The second kappa shape index (κ2) is 17.7. The molecule has 0 aliphatic carbocycles. The van der Waals surface area contributed by atoms with E-state index < -0.39 is 8.07 Å². The molecule has 3 heterocycles. The van der Waals surface area contributed by atoms with Gasteiger partial charge < -0.3 is 9.13 Å². The van der Waals surface area contributed by atoms with Crippen LogP contribution in [0, 0.1) is 60.5 Å². The Morgan fingerprint density at radius 1 is 0.649 bits per heavy atom. The minimum absolute atomic E-state index is 0. The molecule has 4 aromatic carbocycles. The summed E-state index contributed by atoms with van der Waals surface area (Å²) in [6.07, 6.45) is 6.52. The zero-order chi connectivity index (χ0) is 40.6. The van der Waals surface area contributed by atoms with Crippen LogP contribution in [0.5, 0.6) is 0 Å². The predicted octanol–water partition coefficient (Wildman–Crippen LogP) is 12.8. The first-order valence-corrected chi connectivity index (χ1v) is 24.3. The van der Waals surface area contributed by atoms with Gasteiger partial charge in [0.1, 0.15) is 0 Å². The largest absolute Gasteiger partial charge is 0.343 e. The molecule has 0 aliphatic heterocycles. The molecule has 0 saturated heterocycles. The average molecular weight is 965 g/mol. The summed E-state index contributed by atoms with van der Waals surface area (Å²) in [4.78, 5) is 0. The van der Waals surface area contributed by atoms with Crippen LogP contribution >= 0.6 is 11.3 Å². The number of thiophene rings is 1. The maximum Gasteiger partial charge on any atom is 0.0709 e. The Balaban J connectivity index is 0.000000223. The van der Waals surface area contributed by atoms with E-state index in [-0.39, 0.29) is 20.1 Å². The maximum absolute atomic E-state index is 4.40. The zero-order valence-corrected chi connectivity index (χ0v) is 40.0. The Morgan fingerprint density at radius 2 is 1.30 bits per heavy atom. The molecule has 7 aromatic rings. The summed E-state index contributed by atoms with van der Waals surface area (Å²) in [5.41, 5.74) is 16.0.